The first-order chi connectivity index (χ1) is 12.9. The Hall–Kier alpha value is -2.08. The van der Waals surface area contributed by atoms with Crippen LogP contribution in [0.1, 0.15) is 49.0 Å². The third-order valence-corrected chi connectivity index (χ3v) is 6.29. The molecule has 1 saturated carbocycles. The first-order valence-electron chi connectivity index (χ1n) is 9.42. The number of halogens is 2. The van der Waals surface area contributed by atoms with E-state index < -0.39 is 23.6 Å². The number of fused-ring (bicyclic) bond motifs is 1. The van der Waals surface area contributed by atoms with Gasteiger partial charge in [0.1, 0.15) is 11.7 Å². The van der Waals surface area contributed by atoms with Gasteiger partial charge in [-0.05, 0) is 30.9 Å². The zero-order valence-electron chi connectivity index (χ0n) is 15.1. The van der Waals surface area contributed by atoms with Crippen molar-refractivity contribution in [3.05, 3.63) is 39.1 Å². The highest BCUT2D eigenvalue weighted by molar-refractivity contribution is 6.38. The molecule has 0 spiro atoms. The average Bonchev–Trinajstić information content (AvgIpc) is 3.39. The van der Waals surface area contributed by atoms with E-state index >= 15 is 0 Å². The molecule has 2 heterocycles. The van der Waals surface area contributed by atoms with E-state index in [2.05, 4.69) is 11.8 Å². The second kappa shape index (κ2) is 6.82. The normalized spacial score (nSPS) is 23.0. The van der Waals surface area contributed by atoms with Crippen molar-refractivity contribution in [2.45, 2.75) is 44.8 Å². The maximum atomic E-state index is 13.8. The number of piperidine rings is 1. The Bertz CT molecular complexity index is 966. The van der Waals surface area contributed by atoms with Gasteiger partial charge in [0.15, 0.2) is 0 Å². The van der Waals surface area contributed by atoms with E-state index in [1.54, 1.807) is 16.7 Å². The fraction of sp³-hybridized carbons (Fsp3) is 0.500. The molecule has 0 radical (unpaired) electrons. The van der Waals surface area contributed by atoms with Crippen molar-refractivity contribution >= 4 is 34.2 Å². The van der Waals surface area contributed by atoms with E-state index in [4.69, 9.17) is 11.6 Å². The number of carbonyl (C=O) groups is 1. The molecule has 2 aliphatic rings. The molecule has 1 saturated heterocycles. The number of pyridine rings is 1. The van der Waals surface area contributed by atoms with E-state index in [-0.39, 0.29) is 10.9 Å². The number of benzene rings is 1. The summed E-state index contributed by atoms with van der Waals surface area (Å²) >= 11 is 6.70. The highest BCUT2D eigenvalue weighted by Gasteiger charge is 2.40. The Morgan fingerprint density at radius 2 is 2.00 bits per heavy atom. The lowest BCUT2D eigenvalue weighted by Gasteiger charge is -2.34. The predicted molar refractivity (Wildman–Crippen MR) is 104 cm³/mol. The number of alkyl halides is 1. The minimum Gasteiger partial charge on any atom is -0.477 e. The second-order valence-corrected chi connectivity index (χ2v) is 7.91. The lowest BCUT2D eigenvalue weighted by Crippen LogP contribution is -2.33. The number of hydrogen-bond donors (Lipinski definition) is 1. The summed E-state index contributed by atoms with van der Waals surface area (Å²) in [7, 11) is 0. The summed E-state index contributed by atoms with van der Waals surface area (Å²) in [6.07, 6.45) is 3.85. The van der Waals surface area contributed by atoms with E-state index in [1.807, 2.05) is 0 Å². The molecule has 4 rings (SSSR count). The van der Waals surface area contributed by atoms with E-state index in [9.17, 15) is 19.1 Å². The van der Waals surface area contributed by atoms with Crippen LogP contribution in [-0.2, 0) is 0 Å². The second-order valence-electron chi connectivity index (χ2n) is 7.54. The number of aromatic nitrogens is 1. The SMILES string of the molecule is CCC1CCN(c2ccc3c(=O)c(C(=O)O)cn(C4CC4F)c3c2Cl)CC1. The maximum Gasteiger partial charge on any atom is 0.341 e. The molecular weight excluding hydrogens is 371 g/mol. The van der Waals surface area contributed by atoms with Gasteiger partial charge in [0.2, 0.25) is 5.43 Å². The molecule has 2 atom stereocenters. The molecule has 0 amide bonds. The Morgan fingerprint density at radius 1 is 1.33 bits per heavy atom. The highest BCUT2D eigenvalue weighted by Crippen LogP contribution is 2.43. The van der Waals surface area contributed by atoms with Gasteiger partial charge in [0.25, 0.3) is 0 Å². The summed E-state index contributed by atoms with van der Waals surface area (Å²) in [5, 5.41) is 9.97. The number of hydrogen-bond acceptors (Lipinski definition) is 3. The molecule has 2 aromatic rings. The molecule has 1 aliphatic heterocycles. The van der Waals surface area contributed by atoms with Gasteiger partial charge in [-0.25, -0.2) is 9.18 Å². The third kappa shape index (κ3) is 3.10. The quantitative estimate of drug-likeness (QED) is 0.844. The Labute approximate surface area is 161 Å². The first-order valence-corrected chi connectivity index (χ1v) is 9.79. The summed E-state index contributed by atoms with van der Waals surface area (Å²) in [5.74, 6) is -0.593. The molecule has 7 heteroatoms. The van der Waals surface area contributed by atoms with Crippen LogP contribution in [0, 0.1) is 5.92 Å². The number of carboxylic acid groups (broad SMARTS) is 1. The van der Waals surface area contributed by atoms with Crippen LogP contribution in [0.4, 0.5) is 10.1 Å². The zero-order valence-corrected chi connectivity index (χ0v) is 15.9. The van der Waals surface area contributed by atoms with Crippen LogP contribution in [0.15, 0.2) is 23.1 Å². The van der Waals surface area contributed by atoms with Crippen LogP contribution < -0.4 is 10.3 Å². The lowest BCUT2D eigenvalue weighted by molar-refractivity contribution is 0.0694. The average molecular weight is 393 g/mol. The molecule has 2 fully saturated rings. The number of aromatic carboxylic acids is 1. The molecule has 0 bridgehead atoms. The minimum absolute atomic E-state index is 0.228. The molecule has 1 N–H and O–H groups in total. The zero-order chi connectivity index (χ0) is 19.3. The van der Waals surface area contributed by atoms with Gasteiger partial charge < -0.3 is 14.6 Å². The van der Waals surface area contributed by atoms with Crippen LogP contribution in [0.3, 0.4) is 0 Å². The summed E-state index contributed by atoms with van der Waals surface area (Å²) < 4.78 is 15.3. The number of nitrogens with zero attached hydrogens (tertiary/aromatic N) is 2. The van der Waals surface area contributed by atoms with Crippen molar-refractivity contribution < 1.29 is 14.3 Å². The standard InChI is InChI=1S/C20H22ClFN2O3/c1-2-11-5-7-23(8-6-11)15-4-3-12-18(17(15)21)24(16-9-14(16)22)10-13(19(12)25)20(26)27/h3-4,10-11,14,16H,2,5-9H2,1H3,(H,26,27). The van der Waals surface area contributed by atoms with Gasteiger partial charge in [-0.15, -0.1) is 0 Å². The van der Waals surface area contributed by atoms with Gasteiger partial charge in [-0.2, -0.15) is 0 Å². The largest absolute Gasteiger partial charge is 0.477 e. The fourth-order valence-electron chi connectivity index (χ4n) is 4.08. The van der Waals surface area contributed by atoms with Crippen LogP contribution in [-0.4, -0.2) is 34.9 Å². The van der Waals surface area contributed by atoms with Crippen molar-refractivity contribution in [3.8, 4) is 0 Å². The highest BCUT2D eigenvalue weighted by atomic mass is 35.5. The summed E-state index contributed by atoms with van der Waals surface area (Å²) in [6, 6.07) is 2.95. The summed E-state index contributed by atoms with van der Waals surface area (Å²) in [5.41, 5.74) is 0.329. The predicted octanol–water partition coefficient (Wildman–Crippen LogP) is 4.26. The first kappa shape index (κ1) is 18.3. The van der Waals surface area contributed by atoms with Gasteiger partial charge in [-0.3, -0.25) is 4.79 Å². The van der Waals surface area contributed by atoms with E-state index in [1.165, 1.54) is 6.20 Å². The monoisotopic (exact) mass is 392 g/mol. The van der Waals surface area contributed by atoms with E-state index in [0.29, 0.717) is 17.0 Å². The third-order valence-electron chi connectivity index (χ3n) is 5.91. The Balaban J connectivity index is 1.86. The summed E-state index contributed by atoms with van der Waals surface area (Å²) in [6.45, 7) is 3.97. The van der Waals surface area contributed by atoms with Gasteiger partial charge in [-0.1, -0.05) is 24.9 Å². The maximum absolute atomic E-state index is 13.8. The molecule has 1 aliphatic carbocycles. The number of rotatable bonds is 4. The minimum atomic E-state index is -1.31. The number of carboxylic acids is 1. The topological polar surface area (TPSA) is 62.5 Å². The van der Waals surface area contributed by atoms with Gasteiger partial charge in [0.05, 0.1) is 22.3 Å². The lowest BCUT2D eigenvalue weighted by atomic mass is 9.94. The van der Waals surface area contributed by atoms with Crippen LogP contribution in [0.25, 0.3) is 10.9 Å². The van der Waals surface area contributed by atoms with Crippen molar-refractivity contribution in [2.24, 2.45) is 5.92 Å². The van der Waals surface area contributed by atoms with E-state index in [0.717, 1.165) is 44.0 Å². The summed E-state index contributed by atoms with van der Waals surface area (Å²) in [4.78, 5) is 26.3. The molecule has 1 aromatic heterocycles. The van der Waals surface area contributed by atoms with Crippen LogP contribution in [0.2, 0.25) is 5.02 Å². The van der Waals surface area contributed by atoms with Crippen molar-refractivity contribution in [1.82, 2.24) is 4.57 Å². The molecule has 144 valence electrons. The van der Waals surface area contributed by atoms with Gasteiger partial charge >= 0.3 is 5.97 Å². The molecular formula is C20H22ClFN2O3. The fourth-order valence-corrected chi connectivity index (χ4v) is 4.46. The molecule has 5 nitrogen and oxygen atoms in total. The smallest absolute Gasteiger partial charge is 0.341 e. The number of anilines is 1. The molecule has 27 heavy (non-hydrogen) atoms. The van der Waals surface area contributed by atoms with Crippen LogP contribution in [0.5, 0.6) is 0 Å². The van der Waals surface area contributed by atoms with Crippen molar-refractivity contribution in [1.29, 1.82) is 0 Å². The molecule has 2 unspecified atom stereocenters. The Morgan fingerprint density at radius 3 is 2.56 bits per heavy atom. The molecule has 1 aromatic carbocycles. The Kier molecular flexibility index (Phi) is 4.62. The van der Waals surface area contributed by atoms with Crippen LogP contribution >= 0.6 is 11.6 Å². The van der Waals surface area contributed by atoms with Crippen molar-refractivity contribution in [2.75, 3.05) is 18.0 Å². The van der Waals surface area contributed by atoms with Gasteiger partial charge in [0, 0.05) is 31.1 Å². The van der Waals surface area contributed by atoms with Crippen molar-refractivity contribution in [3.63, 3.8) is 0 Å².